The molecule has 44 heavy (non-hydrogen) atoms. The quantitative estimate of drug-likeness (QED) is 0.247. The van der Waals surface area contributed by atoms with E-state index < -0.39 is 16.6 Å². The number of carbonyl (C=O) groups is 1. The Morgan fingerprint density at radius 2 is 1.52 bits per heavy atom. The van der Waals surface area contributed by atoms with Gasteiger partial charge in [-0.1, -0.05) is 78.7 Å². The lowest BCUT2D eigenvalue weighted by Crippen LogP contribution is -2.58. The molecule has 1 unspecified atom stereocenters. The highest BCUT2D eigenvalue weighted by Crippen LogP contribution is 2.66. The second kappa shape index (κ2) is 12.1. The van der Waals surface area contributed by atoms with E-state index in [9.17, 15) is 4.79 Å². The Labute approximate surface area is 273 Å². The zero-order valence-electron chi connectivity index (χ0n) is 31.1. The van der Waals surface area contributed by atoms with Gasteiger partial charge in [0.2, 0.25) is 0 Å². The SMILES string of the molecule is CCOC(C(=O)N(C)C)[C@H]1CC[C@H]2C3=CC=C4C[C@@H](O[Si](C)(C)C(C)(C)C)C[C@H](O[Si](C)(C)C(C)(C)C)[C@]4(C)[C@H]3CC[C@]12C. The highest BCUT2D eigenvalue weighted by molar-refractivity contribution is 6.74. The molecule has 4 aliphatic rings. The monoisotopic (exact) mass is 645 g/mol. The Balaban J connectivity index is 1.73. The summed E-state index contributed by atoms with van der Waals surface area (Å²) in [6.45, 7) is 31.4. The summed E-state index contributed by atoms with van der Waals surface area (Å²) in [6, 6.07) is 0. The maximum atomic E-state index is 13.4. The molecule has 0 aromatic rings. The van der Waals surface area contributed by atoms with Crippen molar-refractivity contribution in [3.63, 3.8) is 0 Å². The van der Waals surface area contributed by atoms with Gasteiger partial charge in [0, 0.05) is 32.0 Å². The van der Waals surface area contributed by atoms with E-state index in [1.54, 1.807) is 10.5 Å². The van der Waals surface area contributed by atoms with E-state index in [4.69, 9.17) is 13.6 Å². The number of rotatable bonds is 8. The molecule has 4 aliphatic carbocycles. The first-order valence-electron chi connectivity index (χ1n) is 17.6. The fourth-order valence-corrected chi connectivity index (χ4v) is 11.5. The summed E-state index contributed by atoms with van der Waals surface area (Å²) < 4.78 is 20.9. The van der Waals surface area contributed by atoms with E-state index in [1.165, 1.54) is 5.57 Å². The van der Waals surface area contributed by atoms with Crippen molar-refractivity contribution in [2.75, 3.05) is 20.7 Å². The van der Waals surface area contributed by atoms with Gasteiger partial charge in [0.1, 0.15) is 6.10 Å². The Bertz CT molecular complexity index is 1150. The van der Waals surface area contributed by atoms with Gasteiger partial charge in [0.25, 0.3) is 5.91 Å². The molecule has 0 aromatic carbocycles. The molecule has 0 radical (unpaired) electrons. The van der Waals surface area contributed by atoms with Crippen molar-refractivity contribution >= 4 is 22.5 Å². The maximum absolute atomic E-state index is 13.4. The van der Waals surface area contributed by atoms with E-state index in [-0.39, 0.29) is 51.0 Å². The molecule has 8 atom stereocenters. The zero-order chi connectivity index (χ0) is 33.3. The lowest BCUT2D eigenvalue weighted by Gasteiger charge is -2.59. The molecule has 5 nitrogen and oxygen atoms in total. The number of fused-ring (bicyclic) bond motifs is 5. The van der Waals surface area contributed by atoms with E-state index in [0.29, 0.717) is 18.4 Å². The molecule has 252 valence electrons. The van der Waals surface area contributed by atoms with Gasteiger partial charge in [-0.05, 0) is 99.0 Å². The number of allylic oxidation sites excluding steroid dienone is 3. The molecule has 0 aromatic heterocycles. The molecule has 0 N–H and O–H groups in total. The fourth-order valence-electron chi connectivity index (χ4n) is 8.72. The van der Waals surface area contributed by atoms with Gasteiger partial charge in [0.15, 0.2) is 16.6 Å². The third-order valence-electron chi connectivity index (χ3n) is 13.6. The largest absolute Gasteiger partial charge is 0.414 e. The summed E-state index contributed by atoms with van der Waals surface area (Å²) in [6.07, 6.45) is 11.4. The number of ether oxygens (including phenoxy) is 1. The Hall–Kier alpha value is -0.736. The van der Waals surface area contributed by atoms with E-state index in [2.05, 4.69) is 93.7 Å². The third kappa shape index (κ3) is 6.15. The summed E-state index contributed by atoms with van der Waals surface area (Å²) in [4.78, 5) is 15.1. The predicted molar refractivity (Wildman–Crippen MR) is 189 cm³/mol. The second-order valence-electron chi connectivity index (χ2n) is 18.4. The van der Waals surface area contributed by atoms with Crippen LogP contribution in [0.3, 0.4) is 0 Å². The average molecular weight is 646 g/mol. The van der Waals surface area contributed by atoms with E-state index in [0.717, 1.165) is 38.5 Å². The number of amides is 1. The molecule has 0 heterocycles. The molecule has 3 fully saturated rings. The van der Waals surface area contributed by atoms with Crippen molar-refractivity contribution in [1.29, 1.82) is 0 Å². The zero-order valence-corrected chi connectivity index (χ0v) is 33.1. The van der Waals surface area contributed by atoms with Crippen molar-refractivity contribution in [3.05, 3.63) is 23.3 Å². The van der Waals surface area contributed by atoms with Crippen LogP contribution in [-0.2, 0) is 18.4 Å². The average Bonchev–Trinajstić information content (AvgIpc) is 3.22. The summed E-state index contributed by atoms with van der Waals surface area (Å²) in [7, 11) is -0.248. The smallest absolute Gasteiger partial charge is 0.251 e. The van der Waals surface area contributed by atoms with Gasteiger partial charge in [-0.25, -0.2) is 0 Å². The van der Waals surface area contributed by atoms with Crippen LogP contribution in [0.1, 0.15) is 101 Å². The van der Waals surface area contributed by atoms with Crippen LogP contribution in [0.25, 0.3) is 0 Å². The molecule has 4 rings (SSSR count). The van der Waals surface area contributed by atoms with Crippen molar-refractivity contribution in [1.82, 2.24) is 4.90 Å². The topological polar surface area (TPSA) is 48.0 Å². The van der Waals surface area contributed by atoms with Gasteiger partial charge in [-0.2, -0.15) is 0 Å². The van der Waals surface area contributed by atoms with E-state index in [1.807, 2.05) is 21.0 Å². The van der Waals surface area contributed by atoms with Crippen LogP contribution in [0, 0.1) is 28.6 Å². The van der Waals surface area contributed by atoms with Gasteiger partial charge in [-0.15, -0.1) is 0 Å². The van der Waals surface area contributed by atoms with Crippen molar-refractivity contribution < 1.29 is 18.4 Å². The molecule has 0 aliphatic heterocycles. The first kappa shape index (κ1) is 36.1. The van der Waals surface area contributed by atoms with Gasteiger partial charge in [-0.3, -0.25) is 4.79 Å². The van der Waals surface area contributed by atoms with Crippen molar-refractivity contribution in [2.24, 2.45) is 28.6 Å². The highest BCUT2D eigenvalue weighted by atomic mass is 28.4. The molecular weight excluding hydrogens is 579 g/mol. The number of nitrogens with zero attached hydrogens (tertiary/aromatic N) is 1. The molecule has 7 heteroatoms. The Kier molecular flexibility index (Phi) is 9.89. The van der Waals surface area contributed by atoms with Gasteiger partial charge < -0.3 is 18.5 Å². The molecule has 0 saturated heterocycles. The van der Waals surface area contributed by atoms with Crippen LogP contribution in [0.5, 0.6) is 0 Å². The van der Waals surface area contributed by atoms with Crippen LogP contribution in [0.4, 0.5) is 0 Å². The highest BCUT2D eigenvalue weighted by Gasteiger charge is 2.61. The molecular formula is C37H67NO4Si2. The summed E-state index contributed by atoms with van der Waals surface area (Å²) in [5, 5.41) is 0.322. The minimum Gasteiger partial charge on any atom is -0.414 e. The van der Waals surface area contributed by atoms with E-state index >= 15 is 0 Å². The lowest BCUT2D eigenvalue weighted by molar-refractivity contribution is -0.149. The van der Waals surface area contributed by atoms with Crippen LogP contribution >= 0.6 is 0 Å². The third-order valence-corrected chi connectivity index (χ3v) is 22.6. The van der Waals surface area contributed by atoms with Crippen LogP contribution in [0.15, 0.2) is 23.3 Å². The normalized spacial score (nSPS) is 35.2. The molecule has 0 bridgehead atoms. The number of likely N-dealkylation sites (N-methyl/N-ethyl adjacent to an activating group) is 1. The lowest BCUT2D eigenvalue weighted by atomic mass is 9.49. The summed E-state index contributed by atoms with van der Waals surface area (Å²) >= 11 is 0. The first-order valence-corrected chi connectivity index (χ1v) is 23.4. The Morgan fingerprint density at radius 3 is 2.07 bits per heavy atom. The van der Waals surface area contributed by atoms with Crippen LogP contribution in [0.2, 0.25) is 36.3 Å². The maximum Gasteiger partial charge on any atom is 0.251 e. The standard InChI is InChI=1S/C37H67NO4Si2/c1-16-40-32(33(39)38(10)11)30-20-19-28-27-18-17-25-23-26(41-43(12,13)34(2,3)4)24-31(42-44(14,15)35(5,6)7)37(25,9)29(27)21-22-36(28,30)8/h17-18,26,28-32H,16,19-24H2,1-15H3/t26-,28+,29+,30-,31+,32?,36+,37+/m1/s1. The predicted octanol–water partition coefficient (Wildman–Crippen LogP) is 9.37. The minimum atomic E-state index is -2.05. The van der Waals surface area contributed by atoms with Crippen molar-refractivity contribution in [3.8, 4) is 0 Å². The second-order valence-corrected chi connectivity index (χ2v) is 27.9. The van der Waals surface area contributed by atoms with Crippen molar-refractivity contribution in [2.45, 2.75) is 155 Å². The number of hydrogen-bond donors (Lipinski definition) is 0. The first-order chi connectivity index (χ1) is 20.0. The number of hydrogen-bond acceptors (Lipinski definition) is 4. The summed E-state index contributed by atoms with van der Waals surface area (Å²) in [5.74, 6) is 1.32. The van der Waals surface area contributed by atoms with Gasteiger partial charge in [0.05, 0.1) is 12.2 Å². The Morgan fingerprint density at radius 1 is 0.932 bits per heavy atom. The molecule has 3 saturated carbocycles. The fraction of sp³-hybridized carbons (Fsp3) is 0.865. The van der Waals surface area contributed by atoms with Crippen LogP contribution in [-0.4, -0.2) is 66.5 Å². The molecule has 1 amide bonds. The van der Waals surface area contributed by atoms with Crippen LogP contribution < -0.4 is 0 Å². The number of carbonyl (C=O) groups excluding carboxylic acids is 1. The molecule has 0 spiro atoms. The summed E-state index contributed by atoms with van der Waals surface area (Å²) in [5.41, 5.74) is 3.18. The van der Waals surface area contributed by atoms with Gasteiger partial charge >= 0.3 is 0 Å². The minimum absolute atomic E-state index is 0.0366.